The highest BCUT2D eigenvalue weighted by atomic mass is 32.2. The molecule has 0 saturated carbocycles. The molecule has 0 spiro atoms. The van der Waals surface area contributed by atoms with Crippen molar-refractivity contribution in [3.05, 3.63) is 0 Å². The summed E-state index contributed by atoms with van der Waals surface area (Å²) < 4.78 is 23.1. The Morgan fingerprint density at radius 2 is 2.17 bits per heavy atom. The first kappa shape index (κ1) is 11.6. The van der Waals surface area contributed by atoms with Crippen LogP contribution < -0.4 is 0 Å². The number of hydrogen-bond acceptors (Lipinski definition) is 3. The minimum absolute atomic E-state index is 0.351. The highest BCUT2D eigenvalue weighted by Gasteiger charge is 2.05. The second kappa shape index (κ2) is 7.24. The molecule has 4 nitrogen and oxygen atoms in total. The monoisotopic (exact) mass is 194 g/mol. The molecule has 0 aromatic heterocycles. The van der Waals surface area contributed by atoms with Crippen LogP contribution in [0.5, 0.6) is 0 Å². The Labute approximate surface area is 74.6 Å². The van der Waals surface area contributed by atoms with Crippen LogP contribution in [0, 0.1) is 0 Å². The standard InChI is InChI=1S/C7H14O4S/c1-2-3-4-5-11-7(8)6-12(9)10/h2-6H2,1H3,(H,9,10). The molecule has 1 unspecified atom stereocenters. The molecule has 0 rings (SSSR count). The zero-order valence-corrected chi connectivity index (χ0v) is 7.93. The Bertz CT molecular complexity index is 157. The van der Waals surface area contributed by atoms with Gasteiger partial charge in [0.05, 0.1) is 6.61 Å². The molecule has 0 heterocycles. The zero-order valence-electron chi connectivity index (χ0n) is 7.12. The molecule has 1 N–H and O–H groups in total. The van der Waals surface area contributed by atoms with E-state index in [2.05, 4.69) is 4.74 Å². The molecule has 0 aliphatic carbocycles. The summed E-state index contributed by atoms with van der Waals surface area (Å²) in [7, 11) is 0. The molecule has 0 aromatic carbocycles. The summed E-state index contributed by atoms with van der Waals surface area (Å²) in [6, 6.07) is 0. The van der Waals surface area contributed by atoms with Crippen LogP contribution in [0.1, 0.15) is 26.2 Å². The summed E-state index contributed by atoms with van der Waals surface area (Å²) >= 11 is -2.08. The number of carbonyl (C=O) groups is 1. The number of ether oxygens (including phenoxy) is 1. The van der Waals surface area contributed by atoms with Crippen molar-refractivity contribution in [1.82, 2.24) is 0 Å². The van der Waals surface area contributed by atoms with Crippen molar-refractivity contribution >= 4 is 17.0 Å². The maximum atomic E-state index is 10.6. The predicted octanol–water partition coefficient (Wildman–Crippen LogP) is 0.942. The Hall–Kier alpha value is -0.420. The third-order valence-electron chi connectivity index (χ3n) is 1.25. The van der Waals surface area contributed by atoms with Crippen LogP contribution >= 0.6 is 0 Å². The summed E-state index contributed by atoms with van der Waals surface area (Å²) in [6.45, 7) is 2.40. The van der Waals surface area contributed by atoms with Crippen LogP contribution in [0.3, 0.4) is 0 Å². The lowest BCUT2D eigenvalue weighted by Crippen LogP contribution is -2.14. The van der Waals surface area contributed by atoms with E-state index in [-0.39, 0.29) is 0 Å². The molecule has 0 aliphatic rings. The highest BCUT2D eigenvalue weighted by Crippen LogP contribution is 1.94. The van der Waals surface area contributed by atoms with Crippen LogP contribution in [0.25, 0.3) is 0 Å². The largest absolute Gasteiger partial charge is 0.465 e. The topological polar surface area (TPSA) is 63.6 Å². The molecule has 0 aliphatic heterocycles. The van der Waals surface area contributed by atoms with Crippen molar-refractivity contribution in [2.24, 2.45) is 0 Å². The molecule has 0 radical (unpaired) electrons. The van der Waals surface area contributed by atoms with E-state index in [0.29, 0.717) is 6.61 Å². The van der Waals surface area contributed by atoms with E-state index in [9.17, 15) is 9.00 Å². The first-order valence-corrected chi connectivity index (χ1v) is 5.17. The van der Waals surface area contributed by atoms with Gasteiger partial charge in [0.1, 0.15) is 5.75 Å². The fraction of sp³-hybridized carbons (Fsp3) is 0.857. The van der Waals surface area contributed by atoms with Crippen molar-refractivity contribution in [3.8, 4) is 0 Å². The van der Waals surface area contributed by atoms with Crippen LogP contribution in [-0.4, -0.2) is 27.1 Å². The summed E-state index contributed by atoms with van der Waals surface area (Å²) in [5.41, 5.74) is 0. The number of carbonyl (C=O) groups excluding carboxylic acids is 1. The normalized spacial score (nSPS) is 12.5. The van der Waals surface area contributed by atoms with Crippen molar-refractivity contribution in [1.29, 1.82) is 0 Å². The van der Waals surface area contributed by atoms with Gasteiger partial charge in [-0.05, 0) is 6.42 Å². The van der Waals surface area contributed by atoms with Gasteiger partial charge in [-0.15, -0.1) is 0 Å². The van der Waals surface area contributed by atoms with E-state index in [4.69, 9.17) is 4.55 Å². The maximum absolute atomic E-state index is 10.6. The average molecular weight is 194 g/mol. The van der Waals surface area contributed by atoms with Gasteiger partial charge in [0, 0.05) is 0 Å². The average Bonchev–Trinajstić information content (AvgIpc) is 1.97. The lowest BCUT2D eigenvalue weighted by molar-refractivity contribution is -0.140. The van der Waals surface area contributed by atoms with Crippen LogP contribution in [0.15, 0.2) is 0 Å². The van der Waals surface area contributed by atoms with Gasteiger partial charge in [-0.3, -0.25) is 4.79 Å². The predicted molar refractivity (Wildman–Crippen MR) is 46.1 cm³/mol. The SMILES string of the molecule is CCCCCOC(=O)CS(=O)O. The van der Waals surface area contributed by atoms with Gasteiger partial charge >= 0.3 is 5.97 Å². The molecule has 0 aromatic rings. The second-order valence-electron chi connectivity index (χ2n) is 2.39. The summed E-state index contributed by atoms with van der Waals surface area (Å²) in [6.07, 6.45) is 2.89. The van der Waals surface area contributed by atoms with Gasteiger partial charge in [0.2, 0.25) is 0 Å². The number of esters is 1. The van der Waals surface area contributed by atoms with E-state index in [0.717, 1.165) is 19.3 Å². The van der Waals surface area contributed by atoms with Gasteiger partial charge in [-0.1, -0.05) is 19.8 Å². The first-order chi connectivity index (χ1) is 5.66. The Balaban J connectivity index is 3.26. The molecule has 1 atom stereocenters. The minimum atomic E-state index is -2.08. The third kappa shape index (κ3) is 7.68. The summed E-state index contributed by atoms with van der Waals surface area (Å²) in [4.78, 5) is 10.6. The highest BCUT2D eigenvalue weighted by molar-refractivity contribution is 7.80. The number of rotatable bonds is 6. The maximum Gasteiger partial charge on any atom is 0.320 e. The molecule has 5 heteroatoms. The number of hydrogen-bond donors (Lipinski definition) is 1. The quantitative estimate of drug-likeness (QED) is 0.388. The van der Waals surface area contributed by atoms with E-state index >= 15 is 0 Å². The Morgan fingerprint density at radius 1 is 1.50 bits per heavy atom. The lowest BCUT2D eigenvalue weighted by atomic mass is 10.3. The van der Waals surface area contributed by atoms with E-state index in [1.807, 2.05) is 6.92 Å². The molecular weight excluding hydrogens is 180 g/mol. The molecule has 0 amide bonds. The van der Waals surface area contributed by atoms with E-state index in [1.54, 1.807) is 0 Å². The smallest absolute Gasteiger partial charge is 0.320 e. The zero-order chi connectivity index (χ0) is 9.40. The minimum Gasteiger partial charge on any atom is -0.465 e. The van der Waals surface area contributed by atoms with E-state index < -0.39 is 22.8 Å². The third-order valence-corrected chi connectivity index (χ3v) is 1.73. The van der Waals surface area contributed by atoms with Crippen LogP contribution in [0.2, 0.25) is 0 Å². The summed E-state index contributed by atoms with van der Waals surface area (Å²) in [5.74, 6) is -1.03. The molecule has 12 heavy (non-hydrogen) atoms. The van der Waals surface area contributed by atoms with Gasteiger partial charge in [-0.2, -0.15) is 0 Å². The first-order valence-electron chi connectivity index (χ1n) is 3.90. The van der Waals surface area contributed by atoms with Crippen LogP contribution in [-0.2, 0) is 20.6 Å². The van der Waals surface area contributed by atoms with Crippen molar-refractivity contribution in [2.75, 3.05) is 12.4 Å². The molecule has 0 fully saturated rings. The second-order valence-corrected chi connectivity index (χ2v) is 3.33. The molecule has 0 bridgehead atoms. The van der Waals surface area contributed by atoms with Crippen molar-refractivity contribution < 1.29 is 18.3 Å². The van der Waals surface area contributed by atoms with Gasteiger partial charge in [0.15, 0.2) is 11.1 Å². The summed E-state index contributed by atoms with van der Waals surface area (Å²) in [5, 5.41) is 0. The van der Waals surface area contributed by atoms with Crippen molar-refractivity contribution in [2.45, 2.75) is 26.2 Å². The fourth-order valence-electron chi connectivity index (χ4n) is 0.681. The van der Waals surface area contributed by atoms with Gasteiger partial charge < -0.3 is 9.29 Å². The van der Waals surface area contributed by atoms with Crippen molar-refractivity contribution in [3.63, 3.8) is 0 Å². The lowest BCUT2D eigenvalue weighted by Gasteiger charge is -2.01. The Kier molecular flexibility index (Phi) is 6.99. The van der Waals surface area contributed by atoms with Crippen LogP contribution in [0.4, 0.5) is 0 Å². The molecular formula is C7H14O4S. The Morgan fingerprint density at radius 3 is 2.67 bits per heavy atom. The number of unbranched alkanes of at least 4 members (excludes halogenated alkanes) is 2. The van der Waals surface area contributed by atoms with Gasteiger partial charge in [0.25, 0.3) is 0 Å². The fourth-order valence-corrected chi connectivity index (χ4v) is 0.966. The van der Waals surface area contributed by atoms with E-state index in [1.165, 1.54) is 0 Å². The molecule has 72 valence electrons. The van der Waals surface area contributed by atoms with Gasteiger partial charge in [-0.25, -0.2) is 4.21 Å². The molecule has 0 saturated heterocycles.